The Kier molecular flexibility index (Phi) is 15.5. The molecule has 0 fully saturated rings. The van der Waals surface area contributed by atoms with Crippen molar-refractivity contribution in [3.05, 3.63) is 29.6 Å². The van der Waals surface area contributed by atoms with E-state index < -0.39 is 11.9 Å². The number of rotatable bonds is 18. The lowest BCUT2D eigenvalue weighted by atomic mass is 10.1. The molecule has 0 saturated heterocycles. The maximum Gasteiger partial charge on any atom is 0.356 e. The molecule has 1 aromatic heterocycles. The van der Waals surface area contributed by atoms with E-state index in [0.29, 0.717) is 19.1 Å². The number of hydrogen-bond acceptors (Lipinski definition) is 5. The molecule has 1 atom stereocenters. The average Bonchev–Trinajstić information content (AvgIpc) is 2.78. The predicted octanol–water partition coefficient (Wildman–Crippen LogP) is 7.14. The van der Waals surface area contributed by atoms with Gasteiger partial charge in [-0.2, -0.15) is 0 Å². The molecule has 0 bridgehead atoms. The Morgan fingerprint density at radius 2 is 1.29 bits per heavy atom. The standard InChI is InChI=1S/C26H43NO4/c1-4-6-7-8-9-10-11-12-13-14-15-20-30-25(28)23-18-16-19-24(27-23)26(29)31-21-22(3)17-5-2/h16,18-19,22H,4-15,17,20-21H2,1-3H3. The molecular formula is C26H43NO4. The van der Waals surface area contributed by atoms with Crippen molar-refractivity contribution in [1.82, 2.24) is 4.98 Å². The smallest absolute Gasteiger partial charge is 0.356 e. The highest BCUT2D eigenvalue weighted by atomic mass is 16.5. The number of aromatic nitrogens is 1. The van der Waals surface area contributed by atoms with Crippen LogP contribution < -0.4 is 0 Å². The normalized spacial score (nSPS) is 11.8. The van der Waals surface area contributed by atoms with E-state index in [1.165, 1.54) is 57.8 Å². The first-order valence-electron chi connectivity index (χ1n) is 12.4. The first-order valence-corrected chi connectivity index (χ1v) is 12.4. The fourth-order valence-corrected chi connectivity index (χ4v) is 3.54. The maximum absolute atomic E-state index is 12.2. The van der Waals surface area contributed by atoms with E-state index in [0.717, 1.165) is 25.7 Å². The third kappa shape index (κ3) is 13.2. The summed E-state index contributed by atoms with van der Waals surface area (Å²) in [7, 11) is 0. The molecule has 0 amide bonds. The largest absolute Gasteiger partial charge is 0.461 e. The average molecular weight is 434 g/mol. The Morgan fingerprint density at radius 3 is 1.84 bits per heavy atom. The highest BCUT2D eigenvalue weighted by Gasteiger charge is 2.15. The highest BCUT2D eigenvalue weighted by molar-refractivity contribution is 5.91. The zero-order valence-corrected chi connectivity index (χ0v) is 20.0. The molecule has 5 heteroatoms. The summed E-state index contributed by atoms with van der Waals surface area (Å²) in [5.74, 6) is -0.670. The second-order valence-electron chi connectivity index (χ2n) is 8.57. The summed E-state index contributed by atoms with van der Waals surface area (Å²) in [5.41, 5.74) is 0.298. The lowest BCUT2D eigenvalue weighted by Gasteiger charge is -2.11. The molecule has 31 heavy (non-hydrogen) atoms. The molecule has 0 N–H and O–H groups in total. The number of ether oxygens (including phenoxy) is 2. The Morgan fingerprint density at radius 1 is 0.774 bits per heavy atom. The molecule has 0 aliphatic rings. The van der Waals surface area contributed by atoms with E-state index in [2.05, 4.69) is 18.8 Å². The molecule has 1 aromatic rings. The van der Waals surface area contributed by atoms with E-state index in [1.54, 1.807) is 18.2 Å². The lowest BCUT2D eigenvalue weighted by molar-refractivity contribution is 0.0435. The van der Waals surface area contributed by atoms with E-state index in [-0.39, 0.29) is 11.4 Å². The van der Waals surface area contributed by atoms with Gasteiger partial charge in [-0.1, -0.05) is 97.5 Å². The summed E-state index contributed by atoms with van der Waals surface area (Å²) < 4.78 is 10.6. The van der Waals surface area contributed by atoms with Crippen LogP contribution in [0.3, 0.4) is 0 Å². The van der Waals surface area contributed by atoms with Crippen molar-refractivity contribution in [2.75, 3.05) is 13.2 Å². The second-order valence-corrected chi connectivity index (χ2v) is 8.57. The Labute approximate surface area is 189 Å². The Hall–Kier alpha value is -1.91. The summed E-state index contributed by atoms with van der Waals surface area (Å²) in [6, 6.07) is 4.77. The molecule has 0 aromatic carbocycles. The molecule has 1 rings (SSSR count). The van der Waals surface area contributed by atoms with E-state index in [4.69, 9.17) is 9.47 Å². The minimum absolute atomic E-state index is 0.146. The van der Waals surface area contributed by atoms with Crippen LogP contribution in [0.15, 0.2) is 18.2 Å². The van der Waals surface area contributed by atoms with Crippen LogP contribution in [0.25, 0.3) is 0 Å². The SMILES string of the molecule is CCCCCCCCCCCCCOC(=O)c1cccc(C(=O)OCC(C)CCC)n1. The van der Waals surface area contributed by atoms with Crippen LogP contribution >= 0.6 is 0 Å². The molecule has 0 spiro atoms. The topological polar surface area (TPSA) is 65.5 Å². The predicted molar refractivity (Wildman–Crippen MR) is 125 cm³/mol. The third-order valence-corrected chi connectivity index (χ3v) is 5.43. The van der Waals surface area contributed by atoms with Crippen LogP contribution in [0.2, 0.25) is 0 Å². The zero-order valence-electron chi connectivity index (χ0n) is 20.0. The minimum atomic E-state index is -0.497. The van der Waals surface area contributed by atoms with Gasteiger partial charge >= 0.3 is 11.9 Å². The number of pyridine rings is 1. The van der Waals surface area contributed by atoms with Gasteiger partial charge in [0.15, 0.2) is 0 Å². The second kappa shape index (κ2) is 17.7. The van der Waals surface area contributed by atoms with Gasteiger partial charge in [0.1, 0.15) is 11.4 Å². The summed E-state index contributed by atoms with van der Waals surface area (Å²) in [5, 5.41) is 0. The maximum atomic E-state index is 12.2. The first kappa shape index (κ1) is 27.1. The van der Waals surface area contributed by atoms with Crippen molar-refractivity contribution in [2.45, 2.75) is 104 Å². The summed E-state index contributed by atoms with van der Waals surface area (Å²) in [4.78, 5) is 28.5. The Bertz CT molecular complexity index is 617. The van der Waals surface area contributed by atoms with Crippen molar-refractivity contribution < 1.29 is 19.1 Å². The highest BCUT2D eigenvalue weighted by Crippen LogP contribution is 2.12. The number of carbonyl (C=O) groups is 2. The van der Waals surface area contributed by atoms with Gasteiger partial charge in [0, 0.05) is 0 Å². The van der Waals surface area contributed by atoms with E-state index >= 15 is 0 Å². The van der Waals surface area contributed by atoms with Gasteiger partial charge in [-0.15, -0.1) is 0 Å². The van der Waals surface area contributed by atoms with Crippen molar-refractivity contribution in [3.63, 3.8) is 0 Å². The van der Waals surface area contributed by atoms with Crippen molar-refractivity contribution >= 4 is 11.9 Å². The molecule has 176 valence electrons. The number of hydrogen-bond donors (Lipinski definition) is 0. The fourth-order valence-electron chi connectivity index (χ4n) is 3.54. The summed E-state index contributed by atoms with van der Waals surface area (Å²) >= 11 is 0. The minimum Gasteiger partial charge on any atom is -0.461 e. The molecular weight excluding hydrogens is 390 g/mol. The Balaban J connectivity index is 2.18. The monoisotopic (exact) mass is 433 g/mol. The lowest BCUT2D eigenvalue weighted by Crippen LogP contribution is -2.15. The summed E-state index contributed by atoms with van der Waals surface area (Å²) in [6.07, 6.45) is 15.8. The summed E-state index contributed by atoms with van der Waals surface area (Å²) in [6.45, 7) is 7.15. The zero-order chi connectivity index (χ0) is 22.7. The van der Waals surface area contributed by atoms with Crippen LogP contribution in [0.4, 0.5) is 0 Å². The quantitative estimate of drug-likeness (QED) is 0.182. The van der Waals surface area contributed by atoms with E-state index in [1.807, 2.05) is 6.92 Å². The van der Waals surface area contributed by atoms with Crippen LogP contribution in [0, 0.1) is 5.92 Å². The van der Waals surface area contributed by atoms with E-state index in [9.17, 15) is 9.59 Å². The van der Waals surface area contributed by atoms with Gasteiger partial charge in [0.25, 0.3) is 0 Å². The first-order chi connectivity index (χ1) is 15.1. The van der Waals surface area contributed by atoms with Gasteiger partial charge in [0.05, 0.1) is 13.2 Å². The van der Waals surface area contributed by atoms with Gasteiger partial charge in [-0.3, -0.25) is 0 Å². The van der Waals surface area contributed by atoms with Gasteiger partial charge in [-0.05, 0) is 30.9 Å². The molecule has 0 radical (unpaired) electrons. The molecule has 1 heterocycles. The van der Waals surface area contributed by atoms with Gasteiger partial charge in [-0.25, -0.2) is 14.6 Å². The van der Waals surface area contributed by atoms with Gasteiger partial charge in [0.2, 0.25) is 0 Å². The molecule has 1 unspecified atom stereocenters. The number of carbonyl (C=O) groups excluding carboxylic acids is 2. The van der Waals surface area contributed by atoms with Crippen LogP contribution in [0.5, 0.6) is 0 Å². The molecule has 0 aliphatic carbocycles. The third-order valence-electron chi connectivity index (χ3n) is 5.43. The van der Waals surface area contributed by atoms with Crippen molar-refractivity contribution in [3.8, 4) is 0 Å². The number of nitrogens with zero attached hydrogens (tertiary/aromatic N) is 1. The van der Waals surface area contributed by atoms with Crippen LogP contribution in [-0.2, 0) is 9.47 Å². The molecule has 0 saturated carbocycles. The van der Waals surface area contributed by atoms with Crippen molar-refractivity contribution in [1.29, 1.82) is 0 Å². The fraction of sp³-hybridized carbons (Fsp3) is 0.731. The molecule has 5 nitrogen and oxygen atoms in total. The van der Waals surface area contributed by atoms with Gasteiger partial charge < -0.3 is 9.47 Å². The van der Waals surface area contributed by atoms with Crippen LogP contribution in [-0.4, -0.2) is 30.1 Å². The number of unbranched alkanes of at least 4 members (excludes halogenated alkanes) is 10. The van der Waals surface area contributed by atoms with Crippen molar-refractivity contribution in [2.24, 2.45) is 5.92 Å². The van der Waals surface area contributed by atoms with Crippen LogP contribution in [0.1, 0.15) is 125 Å². The number of esters is 2. The molecule has 0 aliphatic heterocycles.